The Morgan fingerprint density at radius 2 is 2.15 bits per heavy atom. The maximum atomic E-state index is 12.2. The van der Waals surface area contributed by atoms with Crippen molar-refractivity contribution in [3.8, 4) is 0 Å². The number of amides is 1. The van der Waals surface area contributed by atoms with E-state index in [1.54, 1.807) is 6.33 Å². The van der Waals surface area contributed by atoms with Gasteiger partial charge in [0.05, 0.1) is 23.8 Å². The van der Waals surface area contributed by atoms with E-state index in [0.29, 0.717) is 12.8 Å². The summed E-state index contributed by atoms with van der Waals surface area (Å²) in [6.07, 6.45) is 11.6. The van der Waals surface area contributed by atoms with Crippen LogP contribution in [0.4, 0.5) is 0 Å². The van der Waals surface area contributed by atoms with Crippen LogP contribution in [-0.4, -0.2) is 51.7 Å². The van der Waals surface area contributed by atoms with Crippen molar-refractivity contribution in [1.29, 1.82) is 0 Å². The van der Waals surface area contributed by atoms with E-state index >= 15 is 0 Å². The van der Waals surface area contributed by atoms with Crippen LogP contribution in [-0.2, 0) is 4.79 Å². The number of carbonyl (C=O) groups is 1. The fourth-order valence-electron chi connectivity index (χ4n) is 3.71. The second-order valence-corrected chi connectivity index (χ2v) is 7.16. The van der Waals surface area contributed by atoms with Gasteiger partial charge in [0.15, 0.2) is 0 Å². The summed E-state index contributed by atoms with van der Waals surface area (Å²) in [4.78, 5) is 18.8. The monoisotopic (exact) mass is 354 g/mol. The van der Waals surface area contributed by atoms with E-state index in [2.05, 4.69) is 25.7 Å². The first-order valence-corrected chi connectivity index (χ1v) is 9.54. The third-order valence-electron chi connectivity index (χ3n) is 5.16. The van der Waals surface area contributed by atoms with E-state index < -0.39 is 0 Å². The summed E-state index contributed by atoms with van der Waals surface area (Å²) < 4.78 is 1.98. The molecule has 0 radical (unpaired) electrons. The topological polar surface area (TPSA) is 74.0 Å². The molecule has 1 fully saturated rings. The Morgan fingerprint density at radius 1 is 1.27 bits per heavy atom. The Bertz CT molecular complexity index is 792. The molecule has 26 heavy (non-hydrogen) atoms. The van der Waals surface area contributed by atoms with Crippen molar-refractivity contribution in [2.75, 3.05) is 19.6 Å². The molecule has 0 aromatic carbocycles. The molecule has 1 amide bonds. The number of aromatic nitrogens is 2. The number of nitrogens with one attached hydrogen (secondary N) is 2. The van der Waals surface area contributed by atoms with E-state index in [9.17, 15) is 4.79 Å². The highest BCUT2D eigenvalue weighted by atomic mass is 16.1. The number of fused-ring (bicyclic) bond motifs is 1. The van der Waals surface area contributed by atoms with Crippen LogP contribution in [0.25, 0.3) is 5.52 Å². The van der Waals surface area contributed by atoms with Gasteiger partial charge in [-0.3, -0.25) is 10.2 Å². The minimum atomic E-state index is -0.119. The number of hydrogen-bond acceptors (Lipinski definition) is 5. The summed E-state index contributed by atoms with van der Waals surface area (Å²) in [5, 5.41) is 7.44. The van der Waals surface area contributed by atoms with Crippen LogP contribution in [0.5, 0.6) is 0 Å². The zero-order valence-corrected chi connectivity index (χ0v) is 15.0. The van der Waals surface area contributed by atoms with E-state index in [0.717, 1.165) is 29.8 Å². The van der Waals surface area contributed by atoms with Crippen LogP contribution in [0.3, 0.4) is 0 Å². The normalized spacial score (nSPS) is 20.8. The molecule has 0 bridgehead atoms. The van der Waals surface area contributed by atoms with Crippen molar-refractivity contribution < 1.29 is 4.79 Å². The molecule has 4 heterocycles. The molecule has 1 atom stereocenters. The Balaban J connectivity index is 1.22. The molecule has 2 aliphatic rings. The van der Waals surface area contributed by atoms with E-state index in [4.69, 9.17) is 0 Å². The first-order chi connectivity index (χ1) is 12.8. The average molecular weight is 354 g/mol. The van der Waals surface area contributed by atoms with Crippen LogP contribution >= 0.6 is 0 Å². The minimum absolute atomic E-state index is 0.0982. The summed E-state index contributed by atoms with van der Waals surface area (Å²) >= 11 is 0. The number of piperidine rings is 1. The van der Waals surface area contributed by atoms with Crippen LogP contribution in [0.1, 0.15) is 44.1 Å². The van der Waals surface area contributed by atoms with Crippen molar-refractivity contribution in [2.24, 2.45) is 5.10 Å². The van der Waals surface area contributed by atoms with Crippen LogP contribution < -0.4 is 10.7 Å². The molecular formula is C19H26N6O. The van der Waals surface area contributed by atoms with Crippen molar-refractivity contribution >= 4 is 17.1 Å². The lowest BCUT2D eigenvalue weighted by atomic mass is 10.1. The van der Waals surface area contributed by atoms with Gasteiger partial charge in [0.2, 0.25) is 5.91 Å². The molecule has 2 aliphatic heterocycles. The van der Waals surface area contributed by atoms with E-state index in [1.807, 2.05) is 28.9 Å². The maximum absolute atomic E-state index is 12.2. The maximum Gasteiger partial charge on any atom is 0.221 e. The van der Waals surface area contributed by atoms with Crippen LogP contribution in [0, 0.1) is 0 Å². The Kier molecular flexibility index (Phi) is 5.15. The lowest BCUT2D eigenvalue weighted by Gasteiger charge is -2.26. The first-order valence-electron chi connectivity index (χ1n) is 9.54. The van der Waals surface area contributed by atoms with Gasteiger partial charge in [-0.1, -0.05) is 6.42 Å². The largest absolute Gasteiger partial charge is 0.334 e. The Labute approximate surface area is 153 Å². The van der Waals surface area contributed by atoms with Crippen molar-refractivity contribution in [3.05, 3.63) is 36.4 Å². The Morgan fingerprint density at radius 3 is 3.04 bits per heavy atom. The van der Waals surface area contributed by atoms with Crippen molar-refractivity contribution in [3.63, 3.8) is 0 Å². The molecule has 2 aromatic rings. The summed E-state index contributed by atoms with van der Waals surface area (Å²) in [6.45, 7) is 3.40. The number of pyridine rings is 1. The number of likely N-dealkylation sites (tertiary alicyclic amines) is 1. The summed E-state index contributed by atoms with van der Waals surface area (Å²) in [5.41, 5.74) is 6.10. The molecule has 2 aromatic heterocycles. The highest BCUT2D eigenvalue weighted by Gasteiger charge is 2.21. The zero-order valence-electron chi connectivity index (χ0n) is 15.0. The number of hydrazone groups is 1. The second-order valence-electron chi connectivity index (χ2n) is 7.16. The highest BCUT2D eigenvalue weighted by molar-refractivity contribution is 6.02. The molecule has 0 saturated carbocycles. The molecular weight excluding hydrogens is 328 g/mol. The molecule has 4 rings (SSSR count). The zero-order chi connectivity index (χ0) is 17.8. The predicted molar refractivity (Wildman–Crippen MR) is 101 cm³/mol. The lowest BCUT2D eigenvalue weighted by Crippen LogP contribution is -2.41. The molecule has 1 unspecified atom stereocenters. The van der Waals surface area contributed by atoms with Gasteiger partial charge >= 0.3 is 0 Å². The predicted octanol–water partition coefficient (Wildman–Crippen LogP) is 1.74. The van der Waals surface area contributed by atoms with E-state index in [-0.39, 0.29) is 12.1 Å². The highest BCUT2D eigenvalue weighted by Crippen LogP contribution is 2.13. The van der Waals surface area contributed by atoms with Gasteiger partial charge in [-0.2, -0.15) is 5.10 Å². The third-order valence-corrected chi connectivity index (χ3v) is 5.16. The fourth-order valence-corrected chi connectivity index (χ4v) is 3.71. The second kappa shape index (κ2) is 7.86. The van der Waals surface area contributed by atoms with Gasteiger partial charge in [0.25, 0.3) is 0 Å². The molecule has 7 heteroatoms. The first kappa shape index (κ1) is 17.0. The van der Waals surface area contributed by atoms with Crippen LogP contribution in [0.2, 0.25) is 0 Å². The fraction of sp³-hybridized carbons (Fsp3) is 0.526. The smallest absolute Gasteiger partial charge is 0.221 e. The summed E-state index contributed by atoms with van der Waals surface area (Å²) in [5.74, 6) is 0.0982. The average Bonchev–Trinajstić information content (AvgIpc) is 3.31. The van der Waals surface area contributed by atoms with Crippen molar-refractivity contribution in [1.82, 2.24) is 25.0 Å². The van der Waals surface area contributed by atoms with Crippen LogP contribution in [0.15, 0.2) is 36.0 Å². The van der Waals surface area contributed by atoms with Gasteiger partial charge in [-0.25, -0.2) is 4.98 Å². The molecule has 1 saturated heterocycles. The lowest BCUT2D eigenvalue weighted by molar-refractivity contribution is -0.122. The third kappa shape index (κ3) is 4.04. The van der Waals surface area contributed by atoms with Gasteiger partial charge in [0, 0.05) is 24.6 Å². The van der Waals surface area contributed by atoms with Gasteiger partial charge < -0.3 is 14.6 Å². The van der Waals surface area contributed by atoms with Gasteiger partial charge in [0.1, 0.15) is 6.17 Å². The quantitative estimate of drug-likeness (QED) is 0.829. The minimum Gasteiger partial charge on any atom is -0.334 e. The molecule has 0 aliphatic carbocycles. The van der Waals surface area contributed by atoms with Gasteiger partial charge in [-0.15, -0.1) is 0 Å². The van der Waals surface area contributed by atoms with Gasteiger partial charge in [-0.05, 0) is 51.0 Å². The number of rotatable bonds is 6. The standard InChI is InChI=1S/C19H26N6O/c26-19(5-4-10-24-8-2-1-3-9-24)21-18-11-17(22-23-18)15-6-7-16-12-20-14-25(16)13-15/h6-7,12-14,18,23H,1-5,8-11H2,(H,21,26). The van der Waals surface area contributed by atoms with E-state index in [1.165, 1.54) is 32.4 Å². The SMILES string of the molecule is O=C(CCCN1CCCCC1)NC1CC(c2ccc3cncn3c2)=NN1. The Hall–Kier alpha value is -2.41. The number of imidazole rings is 1. The van der Waals surface area contributed by atoms with Crippen molar-refractivity contribution in [2.45, 2.75) is 44.7 Å². The number of carbonyl (C=O) groups excluding carboxylic acids is 1. The molecule has 0 spiro atoms. The number of nitrogens with zero attached hydrogens (tertiary/aromatic N) is 4. The molecule has 2 N–H and O–H groups in total. The molecule has 7 nitrogen and oxygen atoms in total. The molecule has 138 valence electrons. The summed E-state index contributed by atoms with van der Waals surface area (Å²) in [6, 6.07) is 4.07. The number of hydrogen-bond donors (Lipinski definition) is 2. The summed E-state index contributed by atoms with van der Waals surface area (Å²) in [7, 11) is 0.